The molecule has 0 bridgehead atoms. The largest absolute Gasteiger partial charge is 0.496 e. The third kappa shape index (κ3) is 3.90. The van der Waals surface area contributed by atoms with Gasteiger partial charge in [-0.3, -0.25) is 0 Å². The normalized spacial score (nSPS) is 14.7. The predicted molar refractivity (Wildman–Crippen MR) is 121 cm³/mol. The van der Waals surface area contributed by atoms with Crippen LogP contribution in [-0.4, -0.2) is 40.3 Å². The number of aryl methyl sites for hydroxylation is 1. The summed E-state index contributed by atoms with van der Waals surface area (Å²) < 4.78 is 10.9. The highest BCUT2D eigenvalue weighted by molar-refractivity contribution is 7.10. The Kier molecular flexibility index (Phi) is 5.38. The molecule has 1 saturated heterocycles. The van der Waals surface area contributed by atoms with Gasteiger partial charge < -0.3 is 14.2 Å². The second kappa shape index (κ2) is 8.47. The standard InChI is InChI=1S/C23H23N5O2S/c1-15-25-22(30-27-15)18-7-5-11-24-21(18)28-12-9-16(10-13-28)23-26-19(14-31-23)17-6-3-4-8-20(17)29-2/h3-8,11,14,16H,9-10,12-13H2,1-2H3. The average molecular weight is 434 g/mol. The van der Waals surface area contributed by atoms with Crippen molar-refractivity contribution < 1.29 is 9.26 Å². The first-order valence-electron chi connectivity index (χ1n) is 10.3. The first-order chi connectivity index (χ1) is 15.2. The first kappa shape index (κ1) is 19.7. The Balaban J connectivity index is 1.32. The lowest BCUT2D eigenvalue weighted by Crippen LogP contribution is -2.33. The second-order valence-corrected chi connectivity index (χ2v) is 8.44. The molecule has 0 N–H and O–H groups in total. The zero-order valence-electron chi connectivity index (χ0n) is 17.5. The molecule has 0 radical (unpaired) electrons. The van der Waals surface area contributed by atoms with Crippen LogP contribution in [0.25, 0.3) is 22.7 Å². The Morgan fingerprint density at radius 3 is 2.65 bits per heavy atom. The number of rotatable bonds is 5. The molecule has 4 heterocycles. The van der Waals surface area contributed by atoms with Gasteiger partial charge in [-0.1, -0.05) is 17.3 Å². The fourth-order valence-corrected chi connectivity index (χ4v) is 5.01. The fraction of sp³-hybridized carbons (Fsp3) is 0.304. The number of benzene rings is 1. The molecule has 5 rings (SSSR count). The number of hydrogen-bond donors (Lipinski definition) is 0. The maximum absolute atomic E-state index is 5.50. The Labute approximate surface area is 184 Å². The van der Waals surface area contributed by atoms with Gasteiger partial charge in [-0.25, -0.2) is 9.97 Å². The predicted octanol–water partition coefficient (Wildman–Crippen LogP) is 4.96. The number of aromatic nitrogens is 4. The van der Waals surface area contributed by atoms with Crippen LogP contribution in [0.15, 0.2) is 52.5 Å². The number of thiazole rings is 1. The van der Waals surface area contributed by atoms with E-state index in [1.807, 2.05) is 43.5 Å². The van der Waals surface area contributed by atoms with Crippen molar-refractivity contribution in [3.8, 4) is 28.5 Å². The molecular weight excluding hydrogens is 410 g/mol. The number of anilines is 1. The molecule has 0 aliphatic carbocycles. The van der Waals surface area contributed by atoms with Gasteiger partial charge in [0.2, 0.25) is 0 Å². The van der Waals surface area contributed by atoms with E-state index in [2.05, 4.69) is 31.5 Å². The molecule has 1 aliphatic heterocycles. The van der Waals surface area contributed by atoms with Gasteiger partial charge in [0.05, 0.1) is 23.4 Å². The van der Waals surface area contributed by atoms with Crippen LogP contribution in [0, 0.1) is 6.92 Å². The van der Waals surface area contributed by atoms with Crippen LogP contribution in [0.3, 0.4) is 0 Å². The lowest BCUT2D eigenvalue weighted by Gasteiger charge is -2.32. The van der Waals surface area contributed by atoms with Crippen molar-refractivity contribution in [2.24, 2.45) is 0 Å². The first-order valence-corrected chi connectivity index (χ1v) is 11.2. The molecule has 1 aromatic carbocycles. The van der Waals surface area contributed by atoms with Gasteiger partial charge in [0.15, 0.2) is 5.82 Å². The number of ether oxygens (including phenoxy) is 1. The summed E-state index contributed by atoms with van der Waals surface area (Å²) in [7, 11) is 1.70. The van der Waals surface area contributed by atoms with Crippen LogP contribution in [-0.2, 0) is 0 Å². The van der Waals surface area contributed by atoms with Gasteiger partial charge in [0.25, 0.3) is 5.89 Å². The van der Waals surface area contributed by atoms with E-state index in [1.54, 1.807) is 18.4 Å². The van der Waals surface area contributed by atoms with Gasteiger partial charge >= 0.3 is 0 Å². The summed E-state index contributed by atoms with van der Waals surface area (Å²) in [6, 6.07) is 11.9. The van der Waals surface area contributed by atoms with E-state index in [0.717, 1.165) is 54.3 Å². The summed E-state index contributed by atoms with van der Waals surface area (Å²) in [5.74, 6) is 3.34. The zero-order valence-corrected chi connectivity index (χ0v) is 18.3. The van der Waals surface area contributed by atoms with Crippen LogP contribution >= 0.6 is 11.3 Å². The summed E-state index contributed by atoms with van der Waals surface area (Å²) in [6.07, 6.45) is 3.87. The molecule has 0 unspecified atom stereocenters. The smallest absolute Gasteiger partial charge is 0.261 e. The molecule has 0 amide bonds. The van der Waals surface area contributed by atoms with E-state index in [0.29, 0.717) is 17.6 Å². The monoisotopic (exact) mass is 433 g/mol. The molecule has 31 heavy (non-hydrogen) atoms. The van der Waals surface area contributed by atoms with Crippen molar-refractivity contribution in [2.75, 3.05) is 25.1 Å². The highest BCUT2D eigenvalue weighted by Gasteiger charge is 2.26. The van der Waals surface area contributed by atoms with Gasteiger partial charge in [-0.05, 0) is 44.0 Å². The van der Waals surface area contributed by atoms with Crippen molar-refractivity contribution in [3.63, 3.8) is 0 Å². The van der Waals surface area contributed by atoms with Gasteiger partial charge in [-0.2, -0.15) is 4.98 Å². The topological polar surface area (TPSA) is 77.2 Å². The Bertz CT molecular complexity index is 1180. The molecule has 0 atom stereocenters. The Morgan fingerprint density at radius 1 is 1.06 bits per heavy atom. The molecule has 3 aromatic heterocycles. The third-order valence-corrected chi connectivity index (χ3v) is 6.60. The van der Waals surface area contributed by atoms with Crippen molar-refractivity contribution in [1.29, 1.82) is 0 Å². The molecule has 1 fully saturated rings. The van der Waals surface area contributed by atoms with Crippen molar-refractivity contribution in [3.05, 3.63) is 58.8 Å². The van der Waals surface area contributed by atoms with Crippen LogP contribution in [0.5, 0.6) is 5.75 Å². The average Bonchev–Trinajstić information content (AvgIpc) is 3.49. The van der Waals surface area contributed by atoms with E-state index in [-0.39, 0.29) is 0 Å². The second-order valence-electron chi connectivity index (χ2n) is 7.55. The van der Waals surface area contributed by atoms with Crippen LogP contribution in [0.2, 0.25) is 0 Å². The van der Waals surface area contributed by atoms with Gasteiger partial charge in [-0.15, -0.1) is 11.3 Å². The van der Waals surface area contributed by atoms with E-state index < -0.39 is 0 Å². The highest BCUT2D eigenvalue weighted by Crippen LogP contribution is 2.37. The van der Waals surface area contributed by atoms with E-state index in [1.165, 1.54) is 5.01 Å². The Hall–Kier alpha value is -3.26. The number of pyridine rings is 1. The summed E-state index contributed by atoms with van der Waals surface area (Å²) >= 11 is 1.74. The minimum absolute atomic E-state index is 0.447. The molecule has 4 aromatic rings. The quantitative estimate of drug-likeness (QED) is 0.440. The zero-order chi connectivity index (χ0) is 21.2. The van der Waals surface area contributed by atoms with Crippen molar-refractivity contribution >= 4 is 17.2 Å². The van der Waals surface area contributed by atoms with Crippen molar-refractivity contribution in [1.82, 2.24) is 20.1 Å². The number of methoxy groups -OCH3 is 1. The summed E-state index contributed by atoms with van der Waals surface area (Å²) in [5.41, 5.74) is 2.91. The molecule has 0 saturated carbocycles. The fourth-order valence-electron chi connectivity index (χ4n) is 4.02. The van der Waals surface area contributed by atoms with Crippen LogP contribution in [0.4, 0.5) is 5.82 Å². The number of nitrogens with zero attached hydrogens (tertiary/aromatic N) is 5. The summed E-state index contributed by atoms with van der Waals surface area (Å²) in [4.78, 5) is 16.3. The van der Waals surface area contributed by atoms with E-state index in [9.17, 15) is 0 Å². The molecule has 8 heteroatoms. The molecule has 0 spiro atoms. The maximum Gasteiger partial charge on any atom is 0.261 e. The van der Waals surface area contributed by atoms with E-state index >= 15 is 0 Å². The minimum Gasteiger partial charge on any atom is -0.496 e. The molecular formula is C23H23N5O2S. The number of hydrogen-bond acceptors (Lipinski definition) is 8. The highest BCUT2D eigenvalue weighted by atomic mass is 32.1. The van der Waals surface area contributed by atoms with Gasteiger partial charge in [0, 0.05) is 36.1 Å². The summed E-state index contributed by atoms with van der Waals surface area (Å²) in [5, 5.41) is 7.24. The SMILES string of the molecule is COc1ccccc1-c1csc(C2CCN(c3ncccc3-c3nc(C)no3)CC2)n1. The third-order valence-electron chi connectivity index (χ3n) is 5.59. The molecule has 158 valence electrons. The number of para-hydroxylation sites is 1. The number of piperidine rings is 1. The maximum atomic E-state index is 5.50. The molecule has 1 aliphatic rings. The Morgan fingerprint density at radius 2 is 1.87 bits per heavy atom. The van der Waals surface area contributed by atoms with Crippen molar-refractivity contribution in [2.45, 2.75) is 25.7 Å². The summed E-state index contributed by atoms with van der Waals surface area (Å²) in [6.45, 7) is 3.64. The van der Waals surface area contributed by atoms with Gasteiger partial charge in [0.1, 0.15) is 11.6 Å². The van der Waals surface area contributed by atoms with Crippen LogP contribution in [0.1, 0.15) is 29.6 Å². The van der Waals surface area contributed by atoms with Crippen LogP contribution < -0.4 is 9.64 Å². The lowest BCUT2D eigenvalue weighted by molar-refractivity contribution is 0.416. The molecule has 7 nitrogen and oxygen atoms in total. The minimum atomic E-state index is 0.447. The van der Waals surface area contributed by atoms with E-state index in [4.69, 9.17) is 14.2 Å². The lowest BCUT2D eigenvalue weighted by atomic mass is 9.97.